The Morgan fingerprint density at radius 1 is 0.756 bits per heavy atom. The Hall–Kier alpha value is -2.36. The molecule has 3 nitrogen and oxygen atoms in total. The molecular weight excluding hydrogens is 625 g/mol. The second-order valence-corrected chi connectivity index (χ2v) is 21.4. The molecule has 0 heterocycles. The van der Waals surface area contributed by atoms with Gasteiger partial charge >= 0.3 is 288 Å². The van der Waals surface area contributed by atoms with Gasteiger partial charge in [0.25, 0.3) is 0 Å². The molecule has 3 aromatic carbocycles. The van der Waals surface area contributed by atoms with E-state index in [9.17, 15) is 0 Å². The summed E-state index contributed by atoms with van der Waals surface area (Å²) in [5, 5.41) is 0. The van der Waals surface area contributed by atoms with Crippen molar-refractivity contribution in [2.75, 3.05) is 45.1 Å². The third kappa shape index (κ3) is 7.31. The number of aryl methyl sites for hydroxylation is 1. The summed E-state index contributed by atoms with van der Waals surface area (Å²) in [5.74, 6) is 1.09. The quantitative estimate of drug-likeness (QED) is 0.189. The molecule has 0 saturated carbocycles. The maximum absolute atomic E-state index is 6.39. The normalized spacial score (nSPS) is 13.6. The standard InChI is InChI=1S/C23H33O.2C9H12N.Y/c1-9-23(10-2,18-12-11-16(3)13-18)20-15-17(4)14-19(21(20)24-8)22(5,6)7;2*1-8-6-4-5-7-9(8)10(2)3;/h11,14-15H,9-10,12H2,1-8H3;2*4-7H,1H2,2-3H3;. The molecule has 0 bridgehead atoms. The zero-order chi connectivity index (χ0) is 33.1. The third-order valence-corrected chi connectivity index (χ3v) is 18.8. The number of allylic oxidation sites excluding steroid dienone is 4. The van der Waals surface area contributed by atoms with Gasteiger partial charge in [-0.3, -0.25) is 0 Å². The van der Waals surface area contributed by atoms with E-state index in [2.05, 4.69) is 153 Å². The van der Waals surface area contributed by atoms with Crippen LogP contribution >= 0.6 is 0 Å². The van der Waals surface area contributed by atoms with Crippen molar-refractivity contribution in [3.05, 3.63) is 108 Å². The Balaban J connectivity index is 2.02. The van der Waals surface area contributed by atoms with Crippen molar-refractivity contribution in [1.82, 2.24) is 0 Å². The van der Waals surface area contributed by atoms with Gasteiger partial charge in [-0.05, 0) is 0 Å². The van der Waals surface area contributed by atoms with Gasteiger partial charge in [0.1, 0.15) is 0 Å². The summed E-state index contributed by atoms with van der Waals surface area (Å²) >= 11 is -2.60. The number of para-hydroxylation sites is 2. The van der Waals surface area contributed by atoms with Gasteiger partial charge in [0.15, 0.2) is 0 Å². The fourth-order valence-electron chi connectivity index (χ4n) is 7.91. The van der Waals surface area contributed by atoms with Gasteiger partial charge < -0.3 is 0 Å². The van der Waals surface area contributed by atoms with Crippen molar-refractivity contribution < 1.29 is 32.2 Å². The molecule has 1 aliphatic rings. The van der Waals surface area contributed by atoms with Gasteiger partial charge in [0.2, 0.25) is 0 Å². The van der Waals surface area contributed by atoms with E-state index in [4.69, 9.17) is 4.74 Å². The average Bonchev–Trinajstić information content (AvgIpc) is 3.38. The van der Waals surface area contributed by atoms with Crippen LogP contribution in [0.5, 0.6) is 5.75 Å². The van der Waals surface area contributed by atoms with Gasteiger partial charge in [0.05, 0.1) is 0 Å². The summed E-state index contributed by atoms with van der Waals surface area (Å²) in [6.07, 6.45) is 5.72. The first kappa shape index (κ1) is 35.5. The molecule has 4 heteroatoms. The van der Waals surface area contributed by atoms with Crippen molar-refractivity contribution in [2.45, 2.75) is 85.0 Å². The Morgan fingerprint density at radius 2 is 1.24 bits per heavy atom. The summed E-state index contributed by atoms with van der Waals surface area (Å²) in [4.78, 5) is 4.60. The van der Waals surface area contributed by atoms with E-state index in [1.54, 1.807) is 7.96 Å². The van der Waals surface area contributed by atoms with E-state index in [0.717, 1.165) is 25.0 Å². The van der Waals surface area contributed by atoms with Crippen LogP contribution in [0.1, 0.15) is 88.6 Å². The van der Waals surface area contributed by atoms with Crippen molar-refractivity contribution in [3.8, 4) is 5.75 Å². The Bertz CT molecular complexity index is 1500. The zero-order valence-corrected chi connectivity index (χ0v) is 33.1. The Kier molecular flexibility index (Phi) is 11.5. The number of hydrogen-bond acceptors (Lipinski definition) is 3. The van der Waals surface area contributed by atoms with Crippen LogP contribution in [0.2, 0.25) is 0 Å². The summed E-state index contributed by atoms with van der Waals surface area (Å²) in [7, 11) is 10.6. The number of nitrogens with zero attached hydrogens (tertiary/aromatic N) is 2. The molecular formula is C41H57N2OY. The molecule has 0 aliphatic heterocycles. The minimum absolute atomic E-state index is 0.00602. The van der Waals surface area contributed by atoms with E-state index < -0.39 is 27.4 Å². The molecule has 0 atom stereocenters. The number of rotatable bonds is 12. The van der Waals surface area contributed by atoms with Crippen LogP contribution in [0.3, 0.4) is 0 Å². The summed E-state index contributed by atoms with van der Waals surface area (Å²) in [6.45, 7) is 16.4. The Labute approximate surface area is 285 Å². The molecule has 0 radical (unpaired) electrons. The van der Waals surface area contributed by atoms with Crippen molar-refractivity contribution >= 4 is 11.4 Å². The fraction of sp³-hybridized carbons (Fsp3) is 0.463. The van der Waals surface area contributed by atoms with Gasteiger partial charge in [-0.15, -0.1) is 0 Å². The molecule has 0 spiro atoms. The number of benzene rings is 3. The van der Waals surface area contributed by atoms with Crippen LogP contribution in [-0.4, -0.2) is 35.3 Å². The van der Waals surface area contributed by atoms with Crippen molar-refractivity contribution in [3.63, 3.8) is 0 Å². The number of hydrogen-bond donors (Lipinski definition) is 0. The third-order valence-electron chi connectivity index (χ3n) is 10.2. The molecule has 4 rings (SSSR count). The maximum atomic E-state index is 6.39. The molecule has 0 aromatic heterocycles. The molecule has 1 aliphatic carbocycles. The van der Waals surface area contributed by atoms with E-state index in [-0.39, 0.29) is 10.8 Å². The van der Waals surface area contributed by atoms with Gasteiger partial charge in [0, 0.05) is 0 Å². The molecule has 240 valence electrons. The Morgan fingerprint density at radius 3 is 1.69 bits per heavy atom. The summed E-state index contributed by atoms with van der Waals surface area (Å²) < 4.78 is 10.6. The SMILES string of the molecule is CCC(CC)(C1=[C]([Y]([CH2]c2ccccc2N(C)C)[CH2]c2ccccc2N(C)C)C(C)=CC1)c1cc(C)cc(C(C)(C)C)c1OC. The van der Waals surface area contributed by atoms with Crippen LogP contribution in [0.25, 0.3) is 0 Å². The first-order valence-electron chi connectivity index (χ1n) is 16.9. The minimum atomic E-state index is -2.60. The predicted molar refractivity (Wildman–Crippen MR) is 193 cm³/mol. The molecule has 45 heavy (non-hydrogen) atoms. The zero-order valence-electron chi connectivity index (χ0n) is 30.3. The topological polar surface area (TPSA) is 15.7 Å². The van der Waals surface area contributed by atoms with Crippen LogP contribution in [0, 0.1) is 6.92 Å². The van der Waals surface area contributed by atoms with Gasteiger partial charge in [-0.1, -0.05) is 0 Å². The van der Waals surface area contributed by atoms with Crippen LogP contribution in [-0.2, 0) is 44.7 Å². The van der Waals surface area contributed by atoms with E-state index in [1.165, 1.54) is 51.2 Å². The second kappa shape index (κ2) is 14.6. The molecule has 0 fully saturated rings. The predicted octanol–water partition coefficient (Wildman–Crippen LogP) is 10.1. The molecule has 0 amide bonds. The van der Waals surface area contributed by atoms with Crippen LogP contribution in [0.4, 0.5) is 11.4 Å². The first-order chi connectivity index (χ1) is 21.3. The van der Waals surface area contributed by atoms with E-state index in [1.807, 2.05) is 7.11 Å². The number of anilines is 2. The molecule has 0 saturated heterocycles. The van der Waals surface area contributed by atoms with Gasteiger partial charge in [-0.25, -0.2) is 0 Å². The second-order valence-electron chi connectivity index (χ2n) is 14.6. The molecule has 3 aromatic rings. The van der Waals surface area contributed by atoms with Crippen molar-refractivity contribution in [1.29, 1.82) is 0 Å². The summed E-state index contributed by atoms with van der Waals surface area (Å²) in [5.41, 5.74) is 12.9. The summed E-state index contributed by atoms with van der Waals surface area (Å²) in [6, 6.07) is 23.0. The van der Waals surface area contributed by atoms with E-state index in [0.29, 0.717) is 0 Å². The number of methoxy groups -OCH3 is 1. The first-order valence-corrected chi connectivity index (χ1v) is 22.3. The van der Waals surface area contributed by atoms with Crippen molar-refractivity contribution in [2.24, 2.45) is 0 Å². The van der Waals surface area contributed by atoms with Gasteiger partial charge in [-0.2, -0.15) is 0 Å². The molecule has 0 N–H and O–H groups in total. The average molecular weight is 683 g/mol. The monoisotopic (exact) mass is 682 g/mol. The number of ether oxygens (including phenoxy) is 1. The van der Waals surface area contributed by atoms with Crippen LogP contribution in [0.15, 0.2) is 80.3 Å². The van der Waals surface area contributed by atoms with Crippen LogP contribution < -0.4 is 14.5 Å². The molecule has 0 unspecified atom stereocenters. The van der Waals surface area contributed by atoms with E-state index >= 15 is 0 Å². The fourth-order valence-corrected chi connectivity index (χ4v) is 17.6.